The number of fused-ring (bicyclic) bond motifs is 2. The fourth-order valence-corrected chi connectivity index (χ4v) is 4.84. The molecule has 2 aromatic heterocycles. The van der Waals surface area contributed by atoms with Crippen LogP contribution in [0.4, 0.5) is 0 Å². The maximum Gasteiger partial charge on any atom is 0.134 e. The molecule has 4 aromatic rings. The number of halogens is 1. The molecule has 0 saturated heterocycles. The number of para-hydroxylation sites is 1. The smallest absolute Gasteiger partial charge is 0.134 e. The van der Waals surface area contributed by atoms with E-state index in [1.165, 1.54) is 10.4 Å². The molecule has 4 nitrogen and oxygen atoms in total. The minimum absolute atomic E-state index is 0.0795. The summed E-state index contributed by atoms with van der Waals surface area (Å²) in [5, 5.41) is 11.8. The maximum absolute atomic E-state index is 6.60. The van der Waals surface area contributed by atoms with Crippen LogP contribution in [0.25, 0.3) is 11.0 Å². The Labute approximate surface area is 160 Å². The molecule has 0 saturated carbocycles. The monoisotopic (exact) mass is 380 g/mol. The Morgan fingerprint density at radius 1 is 1.04 bits per heavy atom. The number of thiophene rings is 1. The largest absolute Gasteiger partial charge is 0.273 e. The predicted octanol–water partition coefficient (Wildman–Crippen LogP) is 4.75. The van der Waals surface area contributed by atoms with E-state index in [9.17, 15) is 0 Å². The first-order valence-corrected chi connectivity index (χ1v) is 9.90. The molecule has 5 rings (SSSR count). The summed E-state index contributed by atoms with van der Waals surface area (Å²) in [4.78, 5) is 3.93. The summed E-state index contributed by atoms with van der Waals surface area (Å²) in [6.45, 7) is 1.86. The lowest BCUT2D eigenvalue weighted by atomic mass is 10.1. The Hall–Kier alpha value is -2.21. The summed E-state index contributed by atoms with van der Waals surface area (Å²) in [6.07, 6.45) is 0.977. The van der Waals surface area contributed by atoms with Crippen LogP contribution in [0.2, 0.25) is 5.02 Å². The Bertz CT molecular complexity index is 1070. The lowest BCUT2D eigenvalue weighted by Crippen LogP contribution is -2.37. The van der Waals surface area contributed by atoms with Crippen molar-refractivity contribution in [3.05, 3.63) is 81.0 Å². The molecule has 0 N–H and O–H groups in total. The van der Waals surface area contributed by atoms with E-state index in [1.807, 2.05) is 52.4 Å². The van der Waals surface area contributed by atoms with Crippen molar-refractivity contribution in [2.45, 2.75) is 19.1 Å². The van der Waals surface area contributed by atoms with Gasteiger partial charge in [0.15, 0.2) is 0 Å². The first-order valence-electron chi connectivity index (χ1n) is 8.65. The summed E-state index contributed by atoms with van der Waals surface area (Å²) in [7, 11) is 0. The van der Waals surface area contributed by atoms with Gasteiger partial charge in [-0.25, -0.2) is 4.68 Å². The molecule has 1 atom stereocenters. The fourth-order valence-electron chi connectivity index (χ4n) is 3.71. The number of rotatable bonds is 3. The topological polar surface area (TPSA) is 34.0 Å². The van der Waals surface area contributed by atoms with Crippen LogP contribution in [0, 0.1) is 0 Å². The molecule has 0 aliphatic carbocycles. The van der Waals surface area contributed by atoms with Gasteiger partial charge < -0.3 is 0 Å². The van der Waals surface area contributed by atoms with E-state index in [0.717, 1.165) is 41.1 Å². The molecule has 2 aromatic carbocycles. The second-order valence-electron chi connectivity index (χ2n) is 6.51. The molecule has 26 heavy (non-hydrogen) atoms. The summed E-state index contributed by atoms with van der Waals surface area (Å²) in [5.41, 5.74) is 4.39. The molecule has 0 bridgehead atoms. The Morgan fingerprint density at radius 2 is 1.88 bits per heavy atom. The van der Waals surface area contributed by atoms with Gasteiger partial charge >= 0.3 is 0 Å². The lowest BCUT2D eigenvalue weighted by molar-refractivity contribution is 0.146. The molecule has 0 amide bonds. The third-order valence-corrected chi connectivity index (χ3v) is 6.34. The minimum atomic E-state index is -0.0795. The average Bonchev–Trinajstić information content (AvgIpc) is 3.30. The highest BCUT2D eigenvalue weighted by atomic mass is 35.5. The summed E-state index contributed by atoms with van der Waals surface area (Å²) < 4.78 is 2.01. The zero-order valence-corrected chi connectivity index (χ0v) is 15.6. The zero-order chi connectivity index (χ0) is 17.5. The highest BCUT2D eigenvalue weighted by Gasteiger charge is 2.30. The molecule has 6 heteroatoms. The van der Waals surface area contributed by atoms with Gasteiger partial charge in [-0.1, -0.05) is 47.1 Å². The second-order valence-corrected chi connectivity index (χ2v) is 7.92. The highest BCUT2D eigenvalue weighted by molar-refractivity contribution is 7.10. The van der Waals surface area contributed by atoms with Crippen LogP contribution in [-0.2, 0) is 13.0 Å². The lowest BCUT2D eigenvalue weighted by Gasteiger charge is -2.35. The quantitative estimate of drug-likeness (QED) is 0.514. The van der Waals surface area contributed by atoms with Crippen molar-refractivity contribution < 1.29 is 0 Å². The number of nitrogens with zero attached hydrogens (tertiary/aromatic N) is 4. The number of aromatic nitrogens is 3. The first kappa shape index (κ1) is 16.0. The van der Waals surface area contributed by atoms with Crippen molar-refractivity contribution in [2.24, 2.45) is 0 Å². The average molecular weight is 381 g/mol. The van der Waals surface area contributed by atoms with Crippen molar-refractivity contribution in [1.82, 2.24) is 19.9 Å². The van der Waals surface area contributed by atoms with Gasteiger partial charge in [-0.2, -0.15) is 0 Å². The van der Waals surface area contributed by atoms with Crippen LogP contribution in [0.5, 0.6) is 0 Å². The Balaban J connectivity index is 1.66. The molecule has 130 valence electrons. The van der Waals surface area contributed by atoms with Crippen molar-refractivity contribution in [3.8, 4) is 0 Å². The summed E-state index contributed by atoms with van der Waals surface area (Å²) >= 11 is 8.45. The fraction of sp³-hybridized carbons (Fsp3) is 0.200. The van der Waals surface area contributed by atoms with Gasteiger partial charge in [-0.05, 0) is 41.6 Å². The molecular weight excluding hydrogens is 364 g/mol. The van der Waals surface area contributed by atoms with Gasteiger partial charge in [0.05, 0.1) is 5.52 Å². The SMILES string of the molecule is Clc1ccccc1[C@@H](N1CCc2sccc2C1)n1nnc2ccccc21. The Morgan fingerprint density at radius 3 is 2.81 bits per heavy atom. The van der Waals surface area contributed by atoms with Gasteiger partial charge in [0.1, 0.15) is 11.7 Å². The molecule has 0 spiro atoms. The van der Waals surface area contributed by atoms with E-state index >= 15 is 0 Å². The third-order valence-electron chi connectivity index (χ3n) is 4.98. The molecule has 1 aliphatic heterocycles. The van der Waals surface area contributed by atoms with Crippen LogP contribution < -0.4 is 0 Å². The molecule has 3 heterocycles. The molecule has 0 radical (unpaired) electrons. The Kier molecular flexibility index (Phi) is 4.00. The van der Waals surface area contributed by atoms with E-state index in [0.29, 0.717) is 0 Å². The van der Waals surface area contributed by atoms with Crippen LogP contribution >= 0.6 is 22.9 Å². The van der Waals surface area contributed by atoms with Gasteiger partial charge in [0.2, 0.25) is 0 Å². The molecule has 0 unspecified atom stereocenters. The predicted molar refractivity (Wildman–Crippen MR) is 106 cm³/mol. The van der Waals surface area contributed by atoms with E-state index in [4.69, 9.17) is 11.6 Å². The number of benzene rings is 2. The van der Waals surface area contributed by atoms with Crippen LogP contribution in [0.3, 0.4) is 0 Å². The highest BCUT2D eigenvalue weighted by Crippen LogP contribution is 2.35. The first-order chi connectivity index (χ1) is 12.8. The number of hydrogen-bond donors (Lipinski definition) is 0. The maximum atomic E-state index is 6.60. The molecule has 1 aliphatic rings. The summed E-state index contributed by atoms with van der Waals surface area (Å²) in [6, 6.07) is 18.4. The van der Waals surface area contributed by atoms with E-state index in [1.54, 1.807) is 0 Å². The van der Waals surface area contributed by atoms with E-state index < -0.39 is 0 Å². The van der Waals surface area contributed by atoms with Crippen molar-refractivity contribution in [2.75, 3.05) is 6.54 Å². The van der Waals surface area contributed by atoms with Crippen molar-refractivity contribution in [1.29, 1.82) is 0 Å². The van der Waals surface area contributed by atoms with E-state index in [-0.39, 0.29) is 6.17 Å². The van der Waals surface area contributed by atoms with Crippen molar-refractivity contribution in [3.63, 3.8) is 0 Å². The number of hydrogen-bond acceptors (Lipinski definition) is 4. The molecular formula is C20H17ClN4S. The zero-order valence-electron chi connectivity index (χ0n) is 14.0. The second kappa shape index (κ2) is 6.50. The van der Waals surface area contributed by atoms with Crippen LogP contribution in [0.15, 0.2) is 60.0 Å². The normalized spacial score (nSPS) is 15.9. The van der Waals surface area contributed by atoms with Gasteiger partial charge in [0, 0.05) is 28.6 Å². The van der Waals surface area contributed by atoms with Crippen molar-refractivity contribution >= 4 is 34.0 Å². The standard InChI is InChI=1S/C20H17ClN4S/c21-16-6-2-1-5-15(16)20(24-11-9-19-14(13-24)10-12-26-19)25-18-8-4-3-7-17(18)22-23-25/h1-8,10,12,20H,9,11,13H2/t20-/m0/s1. The summed E-state index contributed by atoms with van der Waals surface area (Å²) in [5.74, 6) is 0. The third kappa shape index (κ3) is 2.63. The van der Waals surface area contributed by atoms with Gasteiger partial charge in [-0.15, -0.1) is 16.4 Å². The molecule has 0 fully saturated rings. The van der Waals surface area contributed by atoms with Crippen LogP contribution in [-0.4, -0.2) is 26.4 Å². The van der Waals surface area contributed by atoms with Gasteiger partial charge in [0.25, 0.3) is 0 Å². The van der Waals surface area contributed by atoms with Crippen LogP contribution in [0.1, 0.15) is 22.2 Å². The van der Waals surface area contributed by atoms with E-state index in [2.05, 4.69) is 38.8 Å². The van der Waals surface area contributed by atoms with Gasteiger partial charge in [-0.3, -0.25) is 4.90 Å². The minimum Gasteiger partial charge on any atom is -0.273 e.